The van der Waals surface area contributed by atoms with Gasteiger partial charge in [-0.3, -0.25) is 0 Å². The van der Waals surface area contributed by atoms with E-state index in [-0.39, 0.29) is 39.0 Å². The van der Waals surface area contributed by atoms with Crippen molar-refractivity contribution < 1.29 is 84.0 Å². The Bertz CT molecular complexity index is 116. The molecule has 0 aromatic carbocycles. The van der Waals surface area contributed by atoms with E-state index in [4.69, 9.17) is 45.0 Å². The smallest absolute Gasteiger partial charge is 0.652 e. The number of rotatable bonds is 0. The number of carbonyl (C=O) groups excluding carboxylic acids is 3. The summed E-state index contributed by atoms with van der Waals surface area (Å²) in [4.78, 5) is 25.0. The van der Waals surface area contributed by atoms with Crippen LogP contribution in [-0.4, -0.2) is 18.5 Å². The second kappa shape index (κ2) is 22.7. The van der Waals surface area contributed by atoms with E-state index in [0.29, 0.717) is 0 Å². The maximum Gasteiger partial charge on any atom is 3.00 e. The SMILES string of the molecule is O=C([O-])[O-].O=C([O-])[O-].O=C([O-])[O-].[Zn+3].[Zn+3]. The monoisotopic (exact) mass is 308 g/mol. The Morgan fingerprint density at radius 2 is 0.500 bits per heavy atom. The van der Waals surface area contributed by atoms with Crippen LogP contribution in [0, 0.1) is 0 Å². The van der Waals surface area contributed by atoms with E-state index in [0.717, 1.165) is 0 Å². The van der Waals surface area contributed by atoms with Crippen molar-refractivity contribution in [3.8, 4) is 0 Å². The number of hydrogen-bond acceptors (Lipinski definition) is 9. The molecule has 70 valence electrons. The van der Waals surface area contributed by atoms with Crippen molar-refractivity contribution in [3.05, 3.63) is 0 Å². The Hall–Kier alpha value is -0.943. The third kappa shape index (κ3) is 1260. The van der Waals surface area contributed by atoms with Gasteiger partial charge in [0.1, 0.15) is 0 Å². The molecule has 11 heteroatoms. The first-order valence-corrected chi connectivity index (χ1v) is 1.84. The molecule has 0 fully saturated rings. The van der Waals surface area contributed by atoms with Gasteiger partial charge in [-0.1, -0.05) is 0 Å². The van der Waals surface area contributed by atoms with Gasteiger partial charge in [-0.25, -0.2) is 0 Å². The molecular weight excluding hydrogens is 311 g/mol. The Balaban J connectivity index is -0.0000000270. The minimum atomic E-state index is -2.33. The molecule has 0 aliphatic carbocycles. The van der Waals surface area contributed by atoms with Crippen molar-refractivity contribution in [2.75, 3.05) is 0 Å². The molecule has 0 spiro atoms. The molecule has 0 amide bonds. The summed E-state index contributed by atoms with van der Waals surface area (Å²) >= 11 is 0. The van der Waals surface area contributed by atoms with E-state index in [1.54, 1.807) is 0 Å². The van der Waals surface area contributed by atoms with Crippen LogP contribution in [0.1, 0.15) is 0 Å². The zero-order valence-corrected chi connectivity index (χ0v) is 12.5. The second-order valence-electron chi connectivity index (χ2n) is 0.750. The Morgan fingerprint density at radius 3 is 0.500 bits per heavy atom. The van der Waals surface area contributed by atoms with Crippen molar-refractivity contribution in [1.29, 1.82) is 0 Å². The molecule has 0 N–H and O–H groups in total. The summed E-state index contributed by atoms with van der Waals surface area (Å²) in [7, 11) is 0. The molecule has 0 rings (SSSR count). The molecule has 0 aliphatic rings. The molecule has 0 atom stereocenters. The standard InChI is InChI=1S/3CH2O3.2Zn/c3*2-1(3)4;;/h3*(H2,2,3,4);;/q;;;2*+3/p-6. The van der Waals surface area contributed by atoms with Gasteiger partial charge in [-0.2, -0.15) is 0 Å². The van der Waals surface area contributed by atoms with Crippen LogP contribution in [0.15, 0.2) is 0 Å². The molecule has 0 aliphatic heterocycles. The average molecular weight is 311 g/mol. The van der Waals surface area contributed by atoms with Crippen molar-refractivity contribution in [2.24, 2.45) is 0 Å². The summed E-state index contributed by atoms with van der Waals surface area (Å²) in [5.41, 5.74) is 0. The first kappa shape index (κ1) is 29.2. The average Bonchev–Trinajstić information content (AvgIpc) is 1.54. The largest absolute Gasteiger partial charge is 3.00 e. The molecule has 0 unspecified atom stereocenters. The van der Waals surface area contributed by atoms with Crippen LogP contribution >= 0.6 is 0 Å². The van der Waals surface area contributed by atoms with Gasteiger partial charge in [-0.15, -0.1) is 0 Å². The molecule has 0 aromatic rings. The summed E-state index contributed by atoms with van der Waals surface area (Å²) < 4.78 is 0. The number of hydrogen-bond donors (Lipinski definition) is 0. The van der Waals surface area contributed by atoms with Crippen LogP contribution in [0.5, 0.6) is 0 Å². The Labute approximate surface area is 102 Å². The summed E-state index contributed by atoms with van der Waals surface area (Å²) in [6.07, 6.45) is -7.00. The fraction of sp³-hybridized carbons (Fsp3) is 0. The van der Waals surface area contributed by atoms with Gasteiger partial charge in [0.15, 0.2) is 0 Å². The summed E-state index contributed by atoms with van der Waals surface area (Å²) in [5, 5.41) is 50.0. The second-order valence-corrected chi connectivity index (χ2v) is 0.750. The van der Waals surface area contributed by atoms with Crippen molar-refractivity contribution in [2.45, 2.75) is 0 Å². The van der Waals surface area contributed by atoms with Gasteiger partial charge in [0.25, 0.3) is 0 Å². The normalized spacial score (nSPS) is 5.14. The van der Waals surface area contributed by atoms with E-state index in [2.05, 4.69) is 0 Å². The summed E-state index contributed by atoms with van der Waals surface area (Å²) in [6, 6.07) is 0. The van der Waals surface area contributed by atoms with E-state index < -0.39 is 18.5 Å². The van der Waals surface area contributed by atoms with Crippen LogP contribution in [0.3, 0.4) is 0 Å². The first-order valence-electron chi connectivity index (χ1n) is 1.84. The van der Waals surface area contributed by atoms with Gasteiger partial charge in [0.05, 0.1) is 0 Å². The molecule has 0 saturated heterocycles. The molecule has 0 bridgehead atoms. The zero-order valence-electron chi connectivity index (χ0n) is 6.59. The minimum Gasteiger partial charge on any atom is -0.652 e. The van der Waals surface area contributed by atoms with Crippen molar-refractivity contribution in [3.63, 3.8) is 0 Å². The zero-order chi connectivity index (χ0) is 10.7. The maximum atomic E-state index is 8.33. The molecule has 0 heterocycles. The van der Waals surface area contributed by atoms with E-state index in [9.17, 15) is 0 Å². The third-order valence-electron chi connectivity index (χ3n) is 0. The van der Waals surface area contributed by atoms with Crippen LogP contribution < -0.4 is 30.6 Å². The van der Waals surface area contributed by atoms with E-state index in [1.807, 2.05) is 0 Å². The Morgan fingerprint density at radius 1 is 0.500 bits per heavy atom. The van der Waals surface area contributed by atoms with Crippen molar-refractivity contribution >= 4 is 18.5 Å². The van der Waals surface area contributed by atoms with Crippen LogP contribution in [0.2, 0.25) is 0 Å². The van der Waals surface area contributed by atoms with Gasteiger partial charge < -0.3 is 45.0 Å². The summed E-state index contributed by atoms with van der Waals surface area (Å²) in [6.45, 7) is 0. The van der Waals surface area contributed by atoms with Gasteiger partial charge in [0, 0.05) is 0 Å². The number of carbonyl (C=O) groups is 3. The number of carboxylic acid groups (broad SMARTS) is 6. The topological polar surface area (TPSA) is 190 Å². The minimum absolute atomic E-state index is 0. The molecule has 14 heavy (non-hydrogen) atoms. The fourth-order valence-electron chi connectivity index (χ4n) is 0. The maximum absolute atomic E-state index is 8.33. The molecule has 9 nitrogen and oxygen atoms in total. The fourth-order valence-corrected chi connectivity index (χ4v) is 0. The van der Waals surface area contributed by atoms with Crippen LogP contribution in [0.4, 0.5) is 14.4 Å². The molecule has 0 aromatic heterocycles. The summed E-state index contributed by atoms with van der Waals surface area (Å²) in [5.74, 6) is 0. The van der Waals surface area contributed by atoms with Crippen LogP contribution in [0.25, 0.3) is 0 Å². The Kier molecular flexibility index (Phi) is 47.4. The molecular formula is C3O9Zn2. The van der Waals surface area contributed by atoms with E-state index in [1.165, 1.54) is 0 Å². The molecule has 0 saturated carbocycles. The predicted molar refractivity (Wildman–Crippen MR) is 16.2 cm³/mol. The van der Waals surface area contributed by atoms with Gasteiger partial charge in [0.2, 0.25) is 0 Å². The first-order chi connectivity index (χ1) is 5.20. The van der Waals surface area contributed by atoms with Gasteiger partial charge in [-0.05, 0) is 18.5 Å². The quantitative estimate of drug-likeness (QED) is 0.391. The van der Waals surface area contributed by atoms with Crippen LogP contribution in [-0.2, 0) is 39.0 Å². The molecule has 0 radical (unpaired) electrons. The van der Waals surface area contributed by atoms with E-state index >= 15 is 0 Å². The van der Waals surface area contributed by atoms with Crippen molar-refractivity contribution in [1.82, 2.24) is 0 Å². The van der Waals surface area contributed by atoms with Gasteiger partial charge >= 0.3 is 39.0 Å². The predicted octanol–water partition coefficient (Wildman–Crippen LogP) is -7.35. The third-order valence-corrected chi connectivity index (χ3v) is 0.